The first-order valence-corrected chi connectivity index (χ1v) is 6.22. The molecule has 0 aliphatic heterocycles. The number of thioether (sulfide) groups is 1. The van der Waals surface area contributed by atoms with Crippen molar-refractivity contribution >= 4 is 11.8 Å². The summed E-state index contributed by atoms with van der Waals surface area (Å²) in [5.41, 5.74) is 0. The molecule has 0 bridgehead atoms. The van der Waals surface area contributed by atoms with Crippen molar-refractivity contribution in [2.45, 2.75) is 32.4 Å². The lowest BCUT2D eigenvalue weighted by Crippen LogP contribution is -2.20. The predicted octanol–water partition coefficient (Wildman–Crippen LogP) is 2.14. The van der Waals surface area contributed by atoms with E-state index in [9.17, 15) is 0 Å². The summed E-state index contributed by atoms with van der Waals surface area (Å²) in [6.07, 6.45) is 1.13. The summed E-state index contributed by atoms with van der Waals surface area (Å²) in [4.78, 5) is 0. The van der Waals surface area contributed by atoms with Crippen LogP contribution in [-0.4, -0.2) is 37.3 Å². The molecule has 0 aromatic carbocycles. The minimum absolute atomic E-state index is 0.755. The third kappa shape index (κ3) is 12.3. The molecule has 0 aliphatic rings. The third-order valence-electron chi connectivity index (χ3n) is 1.58. The Morgan fingerprint density at radius 3 is 2.69 bits per heavy atom. The van der Waals surface area contributed by atoms with E-state index in [1.54, 1.807) is 0 Å². The minimum atomic E-state index is 0.755. The van der Waals surface area contributed by atoms with Crippen LogP contribution >= 0.6 is 11.8 Å². The largest absolute Gasteiger partial charge is 0.382 e. The molecule has 3 heteroatoms. The van der Waals surface area contributed by atoms with E-state index in [1.165, 1.54) is 5.75 Å². The van der Waals surface area contributed by atoms with Crippen LogP contribution in [0.3, 0.4) is 0 Å². The highest BCUT2D eigenvalue weighted by Crippen LogP contribution is 2.06. The van der Waals surface area contributed by atoms with E-state index in [-0.39, 0.29) is 0 Å². The Morgan fingerprint density at radius 2 is 2.08 bits per heavy atom. The van der Waals surface area contributed by atoms with E-state index in [0.29, 0.717) is 0 Å². The lowest BCUT2D eigenvalue weighted by molar-refractivity contribution is 0.145. The van der Waals surface area contributed by atoms with Gasteiger partial charge in [-0.1, -0.05) is 13.8 Å². The van der Waals surface area contributed by atoms with Crippen molar-refractivity contribution < 1.29 is 4.74 Å². The number of nitrogens with one attached hydrogen (secondary N) is 1. The van der Waals surface area contributed by atoms with Crippen molar-refractivity contribution in [3.63, 3.8) is 0 Å². The first kappa shape index (κ1) is 13.3. The molecule has 0 radical (unpaired) electrons. The molecule has 0 saturated heterocycles. The molecule has 0 unspecified atom stereocenters. The van der Waals surface area contributed by atoms with Gasteiger partial charge in [0, 0.05) is 25.5 Å². The van der Waals surface area contributed by atoms with E-state index in [2.05, 4.69) is 19.2 Å². The zero-order valence-electron chi connectivity index (χ0n) is 9.14. The van der Waals surface area contributed by atoms with Gasteiger partial charge in [0.15, 0.2) is 0 Å². The zero-order chi connectivity index (χ0) is 9.94. The molecule has 0 heterocycles. The van der Waals surface area contributed by atoms with Crippen LogP contribution < -0.4 is 5.32 Å². The highest BCUT2D eigenvalue weighted by Gasteiger charge is 1.93. The second kappa shape index (κ2) is 10.4. The van der Waals surface area contributed by atoms with Gasteiger partial charge >= 0.3 is 0 Å². The Balaban J connectivity index is 2.84. The number of hydrogen-bond acceptors (Lipinski definition) is 3. The first-order chi connectivity index (χ1) is 6.27. The Hall–Kier alpha value is 0.270. The van der Waals surface area contributed by atoms with Crippen LogP contribution in [0, 0.1) is 0 Å². The molecule has 1 N–H and O–H groups in total. The number of rotatable bonds is 9. The van der Waals surface area contributed by atoms with Gasteiger partial charge in [-0.05, 0) is 25.1 Å². The smallest absolute Gasteiger partial charge is 0.0477 e. The highest BCUT2D eigenvalue weighted by molar-refractivity contribution is 7.99. The fourth-order valence-corrected chi connectivity index (χ4v) is 1.67. The van der Waals surface area contributed by atoms with Gasteiger partial charge in [-0.15, -0.1) is 0 Å². The van der Waals surface area contributed by atoms with Crippen LogP contribution in [0.5, 0.6) is 0 Å². The summed E-state index contributed by atoms with van der Waals surface area (Å²) in [5.74, 6) is 1.21. The maximum atomic E-state index is 5.23. The molecule has 0 fully saturated rings. The molecule has 0 aromatic heterocycles. The molecule has 13 heavy (non-hydrogen) atoms. The highest BCUT2D eigenvalue weighted by atomic mass is 32.2. The molecule has 80 valence electrons. The van der Waals surface area contributed by atoms with Crippen LogP contribution in [0.4, 0.5) is 0 Å². The molecule has 0 aliphatic carbocycles. The van der Waals surface area contributed by atoms with Gasteiger partial charge in [-0.2, -0.15) is 11.8 Å². The molecular weight excluding hydrogens is 182 g/mol. The van der Waals surface area contributed by atoms with Crippen LogP contribution in [0.15, 0.2) is 0 Å². The normalized spacial score (nSPS) is 11.1. The average Bonchev–Trinajstić information content (AvgIpc) is 2.09. The fraction of sp³-hybridized carbons (Fsp3) is 1.00. The molecule has 0 amide bonds. The van der Waals surface area contributed by atoms with Gasteiger partial charge < -0.3 is 10.1 Å². The van der Waals surface area contributed by atoms with Crippen LogP contribution in [-0.2, 0) is 4.74 Å². The maximum Gasteiger partial charge on any atom is 0.0477 e. The Bertz CT molecular complexity index is 98.9. The van der Waals surface area contributed by atoms with Gasteiger partial charge in [0.2, 0.25) is 0 Å². The van der Waals surface area contributed by atoms with Crippen molar-refractivity contribution in [3.05, 3.63) is 0 Å². The van der Waals surface area contributed by atoms with Crippen molar-refractivity contribution in [3.8, 4) is 0 Å². The monoisotopic (exact) mass is 205 g/mol. The molecular formula is C10H23NOS. The Kier molecular flexibility index (Phi) is 10.6. The number of hydrogen-bond donors (Lipinski definition) is 1. The standard InChI is InChI=1S/C10H23NOS/c1-4-12-8-5-6-11-7-9-13-10(2)3/h10-11H,4-9H2,1-3H3. The lowest BCUT2D eigenvalue weighted by Gasteiger charge is -2.06. The molecule has 0 rings (SSSR count). The van der Waals surface area contributed by atoms with Crippen LogP contribution in [0.1, 0.15) is 27.2 Å². The van der Waals surface area contributed by atoms with Gasteiger partial charge in [-0.3, -0.25) is 0 Å². The van der Waals surface area contributed by atoms with Crippen LogP contribution in [0.2, 0.25) is 0 Å². The van der Waals surface area contributed by atoms with Crippen molar-refractivity contribution in [1.29, 1.82) is 0 Å². The summed E-state index contributed by atoms with van der Waals surface area (Å²) in [7, 11) is 0. The summed E-state index contributed by atoms with van der Waals surface area (Å²) in [5, 5.41) is 4.15. The van der Waals surface area contributed by atoms with E-state index < -0.39 is 0 Å². The number of ether oxygens (including phenoxy) is 1. The van der Waals surface area contributed by atoms with Crippen molar-refractivity contribution in [1.82, 2.24) is 5.32 Å². The third-order valence-corrected chi connectivity index (χ3v) is 2.68. The van der Waals surface area contributed by atoms with Gasteiger partial charge in [0.25, 0.3) is 0 Å². The SMILES string of the molecule is CCOCCCNCCSC(C)C. The van der Waals surface area contributed by atoms with Gasteiger partial charge in [0.05, 0.1) is 0 Å². The second-order valence-electron chi connectivity index (χ2n) is 3.22. The molecule has 0 saturated carbocycles. The predicted molar refractivity (Wildman–Crippen MR) is 61.6 cm³/mol. The summed E-state index contributed by atoms with van der Waals surface area (Å²) in [6.45, 7) is 10.4. The van der Waals surface area contributed by atoms with Gasteiger partial charge in [-0.25, -0.2) is 0 Å². The maximum absolute atomic E-state index is 5.23. The van der Waals surface area contributed by atoms with E-state index in [4.69, 9.17) is 4.74 Å². The molecule has 0 aromatic rings. The first-order valence-electron chi connectivity index (χ1n) is 5.17. The minimum Gasteiger partial charge on any atom is -0.382 e. The van der Waals surface area contributed by atoms with E-state index in [1.807, 2.05) is 18.7 Å². The Morgan fingerprint density at radius 1 is 1.31 bits per heavy atom. The Labute approximate surface area is 86.8 Å². The summed E-state index contributed by atoms with van der Waals surface area (Å²) in [6, 6.07) is 0. The van der Waals surface area contributed by atoms with Crippen LogP contribution in [0.25, 0.3) is 0 Å². The van der Waals surface area contributed by atoms with Crippen molar-refractivity contribution in [2.75, 3.05) is 32.1 Å². The molecule has 2 nitrogen and oxygen atoms in total. The van der Waals surface area contributed by atoms with E-state index in [0.717, 1.165) is 38.0 Å². The topological polar surface area (TPSA) is 21.3 Å². The second-order valence-corrected chi connectivity index (χ2v) is 4.90. The lowest BCUT2D eigenvalue weighted by atomic mass is 10.4. The quantitative estimate of drug-likeness (QED) is 0.583. The zero-order valence-corrected chi connectivity index (χ0v) is 9.95. The summed E-state index contributed by atoms with van der Waals surface area (Å²) >= 11 is 2.01. The average molecular weight is 205 g/mol. The molecule has 0 atom stereocenters. The molecule has 0 spiro atoms. The van der Waals surface area contributed by atoms with Gasteiger partial charge in [0.1, 0.15) is 0 Å². The van der Waals surface area contributed by atoms with E-state index >= 15 is 0 Å². The fourth-order valence-electron chi connectivity index (χ4n) is 0.935. The summed E-state index contributed by atoms with van der Waals surface area (Å²) < 4.78 is 5.23. The van der Waals surface area contributed by atoms with Crippen molar-refractivity contribution in [2.24, 2.45) is 0 Å².